The van der Waals surface area contributed by atoms with E-state index in [1.54, 1.807) is 0 Å². The third-order valence-electron chi connectivity index (χ3n) is 2.07. The molecular weight excluding hydrogens is 315 g/mol. The van der Waals surface area contributed by atoms with E-state index in [0.717, 1.165) is 9.26 Å². The first-order valence-corrected chi connectivity index (χ1v) is 6.40. The summed E-state index contributed by atoms with van der Waals surface area (Å²) in [5.74, 6) is 0.0228. The molecule has 4 heteroatoms. The molecule has 0 saturated heterocycles. The molecular formula is C12H17IN2O. The Labute approximate surface area is 110 Å². The standard InChI is InChI=1S/C12H17IN2O/c1-8(2)14-12(16)9(3)15-11-7-5-4-6-10(11)13/h4-9,15H,1-3H3,(H,14,16). The van der Waals surface area contributed by atoms with Crippen LogP contribution >= 0.6 is 22.6 Å². The number of benzene rings is 1. The average Bonchev–Trinajstić information content (AvgIpc) is 2.20. The lowest BCUT2D eigenvalue weighted by atomic mass is 10.2. The number of carbonyl (C=O) groups excluding carboxylic acids is 1. The molecule has 0 bridgehead atoms. The van der Waals surface area contributed by atoms with Crippen LogP contribution in [0.3, 0.4) is 0 Å². The Morgan fingerprint density at radius 3 is 2.44 bits per heavy atom. The van der Waals surface area contributed by atoms with Gasteiger partial charge in [0.25, 0.3) is 0 Å². The van der Waals surface area contributed by atoms with Gasteiger partial charge in [0.15, 0.2) is 0 Å². The summed E-state index contributed by atoms with van der Waals surface area (Å²) >= 11 is 2.25. The minimum Gasteiger partial charge on any atom is -0.373 e. The predicted molar refractivity (Wildman–Crippen MR) is 75.5 cm³/mol. The number of hydrogen-bond donors (Lipinski definition) is 2. The molecule has 0 aliphatic carbocycles. The van der Waals surface area contributed by atoms with Gasteiger partial charge in [-0.15, -0.1) is 0 Å². The lowest BCUT2D eigenvalue weighted by Gasteiger charge is -2.17. The van der Waals surface area contributed by atoms with Crippen molar-refractivity contribution in [2.45, 2.75) is 32.9 Å². The van der Waals surface area contributed by atoms with Crippen LogP contribution in [0.4, 0.5) is 5.69 Å². The van der Waals surface area contributed by atoms with Crippen molar-refractivity contribution in [3.05, 3.63) is 27.8 Å². The molecule has 0 aliphatic rings. The zero-order valence-corrected chi connectivity index (χ0v) is 11.9. The van der Waals surface area contributed by atoms with Gasteiger partial charge in [-0.25, -0.2) is 0 Å². The zero-order valence-electron chi connectivity index (χ0n) is 9.75. The molecule has 0 saturated carbocycles. The first-order valence-electron chi connectivity index (χ1n) is 5.32. The minimum absolute atomic E-state index is 0.0228. The van der Waals surface area contributed by atoms with Crippen LogP contribution in [0.15, 0.2) is 24.3 Å². The van der Waals surface area contributed by atoms with E-state index < -0.39 is 0 Å². The van der Waals surface area contributed by atoms with Crippen LogP contribution in [0.25, 0.3) is 0 Å². The second-order valence-electron chi connectivity index (χ2n) is 4.01. The van der Waals surface area contributed by atoms with E-state index in [9.17, 15) is 4.79 Å². The van der Waals surface area contributed by atoms with Crippen LogP contribution in [0.2, 0.25) is 0 Å². The van der Waals surface area contributed by atoms with Crippen molar-refractivity contribution in [3.8, 4) is 0 Å². The lowest BCUT2D eigenvalue weighted by molar-refractivity contribution is -0.122. The maximum absolute atomic E-state index is 11.7. The Morgan fingerprint density at radius 2 is 1.88 bits per heavy atom. The number of rotatable bonds is 4. The van der Waals surface area contributed by atoms with E-state index in [1.807, 2.05) is 45.0 Å². The van der Waals surface area contributed by atoms with Crippen molar-refractivity contribution in [1.82, 2.24) is 5.32 Å². The summed E-state index contributed by atoms with van der Waals surface area (Å²) in [7, 11) is 0. The van der Waals surface area contributed by atoms with E-state index in [4.69, 9.17) is 0 Å². The van der Waals surface area contributed by atoms with E-state index in [-0.39, 0.29) is 18.0 Å². The normalized spacial score (nSPS) is 12.3. The highest BCUT2D eigenvalue weighted by atomic mass is 127. The third kappa shape index (κ3) is 4.00. The van der Waals surface area contributed by atoms with Crippen LogP contribution in [0.1, 0.15) is 20.8 Å². The largest absolute Gasteiger partial charge is 0.373 e. The summed E-state index contributed by atoms with van der Waals surface area (Å²) in [4.78, 5) is 11.7. The fourth-order valence-corrected chi connectivity index (χ4v) is 1.83. The van der Waals surface area contributed by atoms with Crippen LogP contribution in [-0.2, 0) is 4.79 Å². The van der Waals surface area contributed by atoms with Crippen LogP contribution in [0, 0.1) is 3.57 Å². The summed E-state index contributed by atoms with van der Waals surface area (Å²) in [6.07, 6.45) is 0. The van der Waals surface area contributed by atoms with Crippen molar-refractivity contribution in [2.75, 3.05) is 5.32 Å². The monoisotopic (exact) mass is 332 g/mol. The smallest absolute Gasteiger partial charge is 0.242 e. The molecule has 1 amide bonds. The highest BCUT2D eigenvalue weighted by Crippen LogP contribution is 2.17. The molecule has 2 N–H and O–H groups in total. The van der Waals surface area contributed by atoms with Crippen molar-refractivity contribution in [1.29, 1.82) is 0 Å². The summed E-state index contributed by atoms with van der Waals surface area (Å²) < 4.78 is 1.12. The Morgan fingerprint density at radius 1 is 1.25 bits per heavy atom. The Balaban J connectivity index is 2.61. The molecule has 0 aromatic heterocycles. The molecule has 0 fully saturated rings. The van der Waals surface area contributed by atoms with Gasteiger partial charge in [-0.2, -0.15) is 0 Å². The van der Waals surface area contributed by atoms with Crippen molar-refractivity contribution in [2.24, 2.45) is 0 Å². The molecule has 0 aliphatic heterocycles. The second kappa shape index (κ2) is 6.08. The minimum atomic E-state index is -0.224. The van der Waals surface area contributed by atoms with E-state index in [1.165, 1.54) is 0 Å². The van der Waals surface area contributed by atoms with E-state index in [0.29, 0.717) is 0 Å². The number of carbonyl (C=O) groups is 1. The van der Waals surface area contributed by atoms with E-state index in [2.05, 4.69) is 33.2 Å². The fraction of sp³-hybridized carbons (Fsp3) is 0.417. The number of para-hydroxylation sites is 1. The summed E-state index contributed by atoms with van der Waals surface area (Å²) in [6, 6.07) is 7.87. The van der Waals surface area contributed by atoms with Gasteiger partial charge >= 0.3 is 0 Å². The second-order valence-corrected chi connectivity index (χ2v) is 5.17. The van der Waals surface area contributed by atoms with Gasteiger partial charge in [-0.1, -0.05) is 12.1 Å². The molecule has 3 nitrogen and oxygen atoms in total. The fourth-order valence-electron chi connectivity index (χ4n) is 1.29. The van der Waals surface area contributed by atoms with Crippen molar-refractivity contribution < 1.29 is 4.79 Å². The Bertz CT molecular complexity index is 366. The SMILES string of the molecule is CC(C)NC(=O)C(C)Nc1ccccc1I. The Hall–Kier alpha value is -0.780. The van der Waals surface area contributed by atoms with Gasteiger partial charge in [0.05, 0.1) is 0 Å². The zero-order chi connectivity index (χ0) is 12.1. The van der Waals surface area contributed by atoms with Gasteiger partial charge in [0.2, 0.25) is 5.91 Å². The molecule has 0 heterocycles. The van der Waals surface area contributed by atoms with Gasteiger partial charge in [0.1, 0.15) is 6.04 Å². The van der Waals surface area contributed by atoms with Gasteiger partial charge in [-0.05, 0) is 55.5 Å². The predicted octanol–water partition coefficient (Wildman–Crippen LogP) is 2.62. The molecule has 1 aromatic rings. The van der Waals surface area contributed by atoms with Crippen molar-refractivity contribution >= 4 is 34.2 Å². The topological polar surface area (TPSA) is 41.1 Å². The maximum atomic E-state index is 11.7. The molecule has 1 aromatic carbocycles. The lowest BCUT2D eigenvalue weighted by Crippen LogP contribution is -2.41. The molecule has 0 spiro atoms. The number of halogens is 1. The van der Waals surface area contributed by atoms with Crippen LogP contribution in [-0.4, -0.2) is 18.0 Å². The van der Waals surface area contributed by atoms with Crippen LogP contribution in [0.5, 0.6) is 0 Å². The van der Waals surface area contributed by atoms with Crippen LogP contribution < -0.4 is 10.6 Å². The summed E-state index contributed by atoms with van der Waals surface area (Å²) in [5.41, 5.74) is 0.995. The molecule has 0 radical (unpaired) electrons. The summed E-state index contributed by atoms with van der Waals surface area (Å²) in [5, 5.41) is 6.07. The number of anilines is 1. The summed E-state index contributed by atoms with van der Waals surface area (Å²) in [6.45, 7) is 5.77. The highest BCUT2D eigenvalue weighted by Gasteiger charge is 2.13. The van der Waals surface area contributed by atoms with Gasteiger partial charge in [-0.3, -0.25) is 4.79 Å². The highest BCUT2D eigenvalue weighted by molar-refractivity contribution is 14.1. The molecule has 1 unspecified atom stereocenters. The van der Waals surface area contributed by atoms with Crippen molar-refractivity contribution in [3.63, 3.8) is 0 Å². The maximum Gasteiger partial charge on any atom is 0.242 e. The first kappa shape index (κ1) is 13.3. The third-order valence-corrected chi connectivity index (χ3v) is 3.01. The molecule has 1 atom stereocenters. The number of hydrogen-bond acceptors (Lipinski definition) is 2. The quantitative estimate of drug-likeness (QED) is 0.833. The van der Waals surface area contributed by atoms with Gasteiger partial charge < -0.3 is 10.6 Å². The first-order chi connectivity index (χ1) is 7.50. The molecule has 16 heavy (non-hydrogen) atoms. The van der Waals surface area contributed by atoms with E-state index >= 15 is 0 Å². The number of nitrogens with one attached hydrogen (secondary N) is 2. The molecule has 1 rings (SSSR count). The Kier molecular flexibility index (Phi) is 5.05. The average molecular weight is 332 g/mol. The number of amides is 1. The van der Waals surface area contributed by atoms with Gasteiger partial charge in [0, 0.05) is 15.3 Å². The molecule has 88 valence electrons.